The molecule has 8 heteroatoms. The van der Waals surface area contributed by atoms with Crippen molar-refractivity contribution in [2.24, 2.45) is 11.8 Å². The molecule has 3 heterocycles. The second kappa shape index (κ2) is 12.0. The third-order valence-electron chi connectivity index (χ3n) is 8.41. The van der Waals surface area contributed by atoms with Crippen LogP contribution in [0, 0.1) is 11.8 Å². The van der Waals surface area contributed by atoms with Gasteiger partial charge >= 0.3 is 0 Å². The van der Waals surface area contributed by atoms with E-state index in [1.165, 1.54) is 0 Å². The first-order chi connectivity index (χ1) is 19.4. The molecular formula is C32H37N3O4S. The Labute approximate surface area is 240 Å². The molecule has 3 saturated heterocycles. The summed E-state index contributed by atoms with van der Waals surface area (Å²) in [5.74, 6) is -1.53. The second-order valence-electron chi connectivity index (χ2n) is 10.8. The van der Waals surface area contributed by atoms with Gasteiger partial charge in [0.05, 0.1) is 23.2 Å². The molecule has 2 bridgehead atoms. The van der Waals surface area contributed by atoms with E-state index in [2.05, 4.69) is 13.2 Å². The molecule has 5 atom stereocenters. The lowest BCUT2D eigenvalue weighted by Gasteiger charge is -2.37. The van der Waals surface area contributed by atoms with Gasteiger partial charge in [-0.3, -0.25) is 14.4 Å². The van der Waals surface area contributed by atoms with E-state index < -0.39 is 22.6 Å². The van der Waals surface area contributed by atoms with Crippen LogP contribution in [0.15, 0.2) is 86.0 Å². The quantitative estimate of drug-likeness (QED) is 0.403. The number of hydrogen-bond acceptors (Lipinski definition) is 5. The van der Waals surface area contributed by atoms with E-state index in [1.54, 1.807) is 38.6 Å². The SMILES string of the molecule is C=CCN(Cc1ccccc1)C(=O)C1N(CCO)C(=O)[C@@H]2[C@H](C(=O)N(CC=C)Cc3ccccc3)[C@@H]3CCC12S3. The van der Waals surface area contributed by atoms with Gasteiger partial charge in [0.2, 0.25) is 17.7 Å². The molecule has 1 N–H and O–H groups in total. The van der Waals surface area contributed by atoms with Gasteiger partial charge in [0.15, 0.2) is 0 Å². The van der Waals surface area contributed by atoms with Gasteiger partial charge in [-0.15, -0.1) is 24.9 Å². The number of carbonyl (C=O) groups is 3. The van der Waals surface area contributed by atoms with Crippen molar-refractivity contribution in [2.45, 2.75) is 42.0 Å². The summed E-state index contributed by atoms with van der Waals surface area (Å²) in [6.45, 7) is 9.08. The molecule has 0 aliphatic carbocycles. The van der Waals surface area contributed by atoms with Crippen LogP contribution < -0.4 is 0 Å². The smallest absolute Gasteiger partial charge is 0.247 e. The summed E-state index contributed by atoms with van der Waals surface area (Å²) in [6, 6.07) is 18.8. The van der Waals surface area contributed by atoms with Crippen molar-refractivity contribution in [3.05, 3.63) is 97.1 Å². The molecule has 210 valence electrons. The molecule has 3 fully saturated rings. The summed E-state index contributed by atoms with van der Waals surface area (Å²) in [5, 5.41) is 9.89. The number of aliphatic hydroxyl groups excluding tert-OH is 1. The van der Waals surface area contributed by atoms with E-state index in [0.29, 0.717) is 32.6 Å². The molecule has 3 amide bonds. The fraction of sp³-hybridized carbons (Fsp3) is 0.406. The van der Waals surface area contributed by atoms with E-state index in [1.807, 2.05) is 60.7 Å². The number of benzene rings is 2. The van der Waals surface area contributed by atoms with Gasteiger partial charge in [-0.25, -0.2) is 0 Å². The Hall–Kier alpha value is -3.36. The molecule has 0 aromatic heterocycles. The largest absolute Gasteiger partial charge is 0.395 e. The zero-order valence-electron chi connectivity index (χ0n) is 22.7. The fourth-order valence-electron chi connectivity index (χ4n) is 6.83. The number of hydrogen-bond donors (Lipinski definition) is 1. The molecular weight excluding hydrogens is 522 g/mol. The molecule has 3 aliphatic rings. The van der Waals surface area contributed by atoms with Crippen LogP contribution in [0.4, 0.5) is 0 Å². The predicted octanol–water partition coefficient (Wildman–Crippen LogP) is 3.50. The zero-order valence-corrected chi connectivity index (χ0v) is 23.5. The third-order valence-corrected chi connectivity index (χ3v) is 10.4. The topological polar surface area (TPSA) is 81.2 Å². The molecule has 7 nitrogen and oxygen atoms in total. The molecule has 0 radical (unpaired) electrons. The highest BCUT2D eigenvalue weighted by Gasteiger charge is 2.74. The highest BCUT2D eigenvalue weighted by atomic mass is 32.2. The molecule has 2 aromatic rings. The minimum Gasteiger partial charge on any atom is -0.395 e. The monoisotopic (exact) mass is 559 g/mol. The van der Waals surface area contributed by atoms with Crippen LogP contribution in [0.5, 0.6) is 0 Å². The molecule has 2 aromatic carbocycles. The first kappa shape index (κ1) is 28.2. The average Bonchev–Trinajstić information content (AvgIpc) is 3.61. The Morgan fingerprint density at radius 3 is 2.02 bits per heavy atom. The Morgan fingerprint density at radius 1 is 0.950 bits per heavy atom. The summed E-state index contributed by atoms with van der Waals surface area (Å²) in [7, 11) is 0. The van der Waals surface area contributed by atoms with Crippen LogP contribution >= 0.6 is 11.8 Å². The van der Waals surface area contributed by atoms with Crippen LogP contribution in [0.2, 0.25) is 0 Å². The molecule has 0 saturated carbocycles. The Balaban J connectivity index is 1.47. The number of aliphatic hydroxyl groups is 1. The lowest BCUT2D eigenvalue weighted by atomic mass is 9.70. The van der Waals surface area contributed by atoms with Gasteiger partial charge in [0.1, 0.15) is 6.04 Å². The van der Waals surface area contributed by atoms with E-state index in [4.69, 9.17) is 0 Å². The number of thioether (sulfide) groups is 1. The van der Waals surface area contributed by atoms with Gasteiger partial charge in [0, 0.05) is 38.0 Å². The van der Waals surface area contributed by atoms with Crippen LogP contribution in [0.1, 0.15) is 24.0 Å². The highest BCUT2D eigenvalue weighted by Crippen LogP contribution is 2.66. The van der Waals surface area contributed by atoms with Gasteiger partial charge < -0.3 is 19.8 Å². The fourth-order valence-corrected chi connectivity index (χ4v) is 9.04. The number of β-amino-alcohol motifs (C(OH)–C–C–N with tert-alkyl or cyclic N) is 1. The summed E-state index contributed by atoms with van der Waals surface area (Å²) in [5.41, 5.74) is 2.00. The lowest BCUT2D eigenvalue weighted by Crippen LogP contribution is -2.55. The van der Waals surface area contributed by atoms with Crippen molar-refractivity contribution in [1.29, 1.82) is 0 Å². The maximum absolute atomic E-state index is 14.3. The van der Waals surface area contributed by atoms with Crippen LogP contribution in [-0.4, -0.2) is 79.8 Å². The molecule has 2 unspecified atom stereocenters. The van der Waals surface area contributed by atoms with Gasteiger partial charge in [0.25, 0.3) is 0 Å². The number of fused-ring (bicyclic) bond motifs is 1. The maximum atomic E-state index is 14.3. The molecule has 5 rings (SSSR count). The zero-order chi connectivity index (χ0) is 28.3. The van der Waals surface area contributed by atoms with Crippen molar-refractivity contribution in [1.82, 2.24) is 14.7 Å². The Morgan fingerprint density at radius 2 is 1.50 bits per heavy atom. The standard InChI is InChI=1S/C32H37N3O4S/c1-3-17-33(21-23-11-7-5-8-12-23)29(37)26-25-15-16-32(40-25)27(26)30(38)35(19-20-36)28(32)31(39)34(18-4-2)22-24-13-9-6-10-14-24/h3-14,25-28,36H,1-2,15-22H2/t25-,26+,27-,28?,32?/m0/s1. The number of nitrogens with zero attached hydrogens (tertiary/aromatic N) is 3. The first-order valence-electron chi connectivity index (χ1n) is 13.9. The third kappa shape index (κ3) is 4.99. The number of amides is 3. The Bertz CT molecular complexity index is 1260. The average molecular weight is 560 g/mol. The molecule has 1 spiro atoms. The summed E-state index contributed by atoms with van der Waals surface area (Å²) in [4.78, 5) is 47.7. The summed E-state index contributed by atoms with van der Waals surface area (Å²) < 4.78 is -0.697. The minimum absolute atomic E-state index is 0.0295. The van der Waals surface area contributed by atoms with Crippen molar-refractivity contribution in [2.75, 3.05) is 26.2 Å². The normalized spacial score (nSPS) is 26.4. The van der Waals surface area contributed by atoms with Crippen molar-refractivity contribution < 1.29 is 19.5 Å². The van der Waals surface area contributed by atoms with Crippen LogP contribution in [-0.2, 0) is 27.5 Å². The van der Waals surface area contributed by atoms with E-state index in [9.17, 15) is 19.5 Å². The van der Waals surface area contributed by atoms with Crippen molar-refractivity contribution >= 4 is 29.5 Å². The van der Waals surface area contributed by atoms with E-state index >= 15 is 0 Å². The van der Waals surface area contributed by atoms with E-state index in [0.717, 1.165) is 17.5 Å². The second-order valence-corrected chi connectivity index (χ2v) is 12.4. The van der Waals surface area contributed by atoms with Crippen LogP contribution in [0.3, 0.4) is 0 Å². The maximum Gasteiger partial charge on any atom is 0.247 e. The molecule has 3 aliphatic heterocycles. The summed E-state index contributed by atoms with van der Waals surface area (Å²) in [6.07, 6.45) is 4.88. The molecule has 40 heavy (non-hydrogen) atoms. The highest BCUT2D eigenvalue weighted by molar-refractivity contribution is 8.02. The predicted molar refractivity (Wildman–Crippen MR) is 157 cm³/mol. The van der Waals surface area contributed by atoms with Gasteiger partial charge in [-0.1, -0.05) is 72.8 Å². The van der Waals surface area contributed by atoms with E-state index in [-0.39, 0.29) is 36.1 Å². The summed E-state index contributed by atoms with van der Waals surface area (Å²) >= 11 is 1.65. The first-order valence-corrected chi connectivity index (χ1v) is 14.8. The lowest BCUT2D eigenvalue weighted by molar-refractivity contribution is -0.145. The number of likely N-dealkylation sites (tertiary alicyclic amines) is 1. The van der Waals surface area contributed by atoms with Crippen molar-refractivity contribution in [3.63, 3.8) is 0 Å². The Kier molecular flexibility index (Phi) is 8.47. The minimum atomic E-state index is -0.740. The van der Waals surface area contributed by atoms with Crippen molar-refractivity contribution in [3.8, 4) is 0 Å². The number of carbonyl (C=O) groups excluding carboxylic acids is 3. The van der Waals surface area contributed by atoms with Gasteiger partial charge in [-0.2, -0.15) is 0 Å². The number of rotatable bonds is 12. The van der Waals surface area contributed by atoms with Gasteiger partial charge in [-0.05, 0) is 24.0 Å². The van der Waals surface area contributed by atoms with Crippen LogP contribution in [0.25, 0.3) is 0 Å².